The summed E-state index contributed by atoms with van der Waals surface area (Å²) in [5, 5.41) is 2.87. The van der Waals surface area contributed by atoms with E-state index in [0.717, 1.165) is 16.7 Å². The van der Waals surface area contributed by atoms with Crippen molar-refractivity contribution in [1.82, 2.24) is 10.3 Å². The Morgan fingerprint density at radius 1 is 1.10 bits per heavy atom. The zero-order chi connectivity index (χ0) is 14.4. The Morgan fingerprint density at radius 2 is 1.75 bits per heavy atom. The number of aromatic nitrogens is 1. The molecule has 0 spiro atoms. The maximum absolute atomic E-state index is 11.8. The molecule has 5 heteroatoms. The van der Waals surface area contributed by atoms with Gasteiger partial charge in [0.25, 0.3) is 0 Å². The van der Waals surface area contributed by atoms with Crippen molar-refractivity contribution in [2.24, 2.45) is 5.73 Å². The van der Waals surface area contributed by atoms with Crippen LogP contribution in [0.1, 0.15) is 16.7 Å². The number of thiocarbonyl (C=S) groups is 1. The summed E-state index contributed by atoms with van der Waals surface area (Å²) in [5.41, 5.74) is 8.28. The van der Waals surface area contributed by atoms with Crippen LogP contribution >= 0.6 is 12.2 Å². The average molecular weight is 285 g/mol. The van der Waals surface area contributed by atoms with E-state index < -0.39 is 0 Å². The number of amides is 1. The number of carbonyl (C=O) groups excluding carboxylic acids is 1. The highest BCUT2D eigenvalue weighted by Gasteiger charge is 2.04. The second-order valence-corrected chi connectivity index (χ2v) is 4.81. The van der Waals surface area contributed by atoms with Gasteiger partial charge in [0.15, 0.2) is 0 Å². The van der Waals surface area contributed by atoms with Gasteiger partial charge in [0, 0.05) is 24.5 Å². The van der Waals surface area contributed by atoms with E-state index in [1.165, 1.54) is 0 Å². The highest BCUT2D eigenvalue weighted by molar-refractivity contribution is 7.80. The number of carbonyl (C=O) groups is 1. The molecule has 0 radical (unpaired) electrons. The molecule has 0 atom stereocenters. The second kappa shape index (κ2) is 6.77. The first-order valence-electron chi connectivity index (χ1n) is 6.19. The number of nitrogens with zero attached hydrogens (tertiary/aromatic N) is 1. The van der Waals surface area contributed by atoms with Crippen molar-refractivity contribution in [3.63, 3.8) is 0 Å². The smallest absolute Gasteiger partial charge is 0.224 e. The van der Waals surface area contributed by atoms with Crippen LogP contribution in [-0.4, -0.2) is 15.9 Å². The van der Waals surface area contributed by atoms with Crippen LogP contribution in [0, 0.1) is 0 Å². The third-order valence-corrected chi connectivity index (χ3v) is 3.08. The van der Waals surface area contributed by atoms with Crippen LogP contribution in [0.2, 0.25) is 0 Å². The van der Waals surface area contributed by atoms with Gasteiger partial charge >= 0.3 is 0 Å². The van der Waals surface area contributed by atoms with Crippen LogP contribution in [0.3, 0.4) is 0 Å². The third-order valence-electron chi connectivity index (χ3n) is 2.84. The van der Waals surface area contributed by atoms with E-state index in [1.54, 1.807) is 12.4 Å². The largest absolute Gasteiger partial charge is 0.389 e. The normalized spacial score (nSPS) is 10.0. The molecule has 0 fully saturated rings. The fraction of sp³-hybridized carbons (Fsp3) is 0.133. The zero-order valence-corrected chi connectivity index (χ0v) is 11.7. The Labute approximate surface area is 123 Å². The van der Waals surface area contributed by atoms with E-state index >= 15 is 0 Å². The van der Waals surface area contributed by atoms with Gasteiger partial charge < -0.3 is 11.1 Å². The molecule has 2 aromatic rings. The van der Waals surface area contributed by atoms with Crippen molar-refractivity contribution in [2.45, 2.75) is 13.0 Å². The molecule has 0 aliphatic heterocycles. The van der Waals surface area contributed by atoms with Crippen LogP contribution in [-0.2, 0) is 17.8 Å². The van der Waals surface area contributed by atoms with Gasteiger partial charge in [-0.2, -0.15) is 0 Å². The van der Waals surface area contributed by atoms with Crippen molar-refractivity contribution in [3.05, 3.63) is 65.5 Å². The molecule has 20 heavy (non-hydrogen) atoms. The molecule has 3 N–H and O–H groups in total. The number of pyridine rings is 1. The van der Waals surface area contributed by atoms with Crippen LogP contribution in [0.4, 0.5) is 0 Å². The fourth-order valence-electron chi connectivity index (χ4n) is 1.74. The Morgan fingerprint density at radius 3 is 2.35 bits per heavy atom. The molecule has 4 nitrogen and oxygen atoms in total. The number of nitrogens with one attached hydrogen (secondary N) is 1. The molecule has 0 aliphatic carbocycles. The topological polar surface area (TPSA) is 68.0 Å². The number of hydrogen-bond acceptors (Lipinski definition) is 3. The summed E-state index contributed by atoms with van der Waals surface area (Å²) < 4.78 is 0. The first kappa shape index (κ1) is 14.1. The lowest BCUT2D eigenvalue weighted by molar-refractivity contribution is -0.120. The molecule has 0 saturated carbocycles. The predicted molar refractivity (Wildman–Crippen MR) is 82.1 cm³/mol. The zero-order valence-electron chi connectivity index (χ0n) is 10.9. The van der Waals surface area contributed by atoms with Gasteiger partial charge in [-0.1, -0.05) is 36.5 Å². The molecular formula is C15H15N3OS. The van der Waals surface area contributed by atoms with Gasteiger partial charge in [-0.15, -0.1) is 0 Å². The van der Waals surface area contributed by atoms with Gasteiger partial charge in [-0.3, -0.25) is 9.78 Å². The molecule has 1 amide bonds. The lowest BCUT2D eigenvalue weighted by Crippen LogP contribution is -2.24. The van der Waals surface area contributed by atoms with Crippen molar-refractivity contribution in [3.8, 4) is 0 Å². The molecule has 1 aromatic carbocycles. The predicted octanol–water partition coefficient (Wildman–Crippen LogP) is 1.57. The Kier molecular flexibility index (Phi) is 4.79. The SMILES string of the molecule is NC(=S)c1ccc(CC(=O)NCc2ccncc2)cc1. The van der Waals surface area contributed by atoms with Gasteiger partial charge in [-0.05, 0) is 23.3 Å². The van der Waals surface area contributed by atoms with E-state index in [-0.39, 0.29) is 5.91 Å². The first-order valence-corrected chi connectivity index (χ1v) is 6.60. The van der Waals surface area contributed by atoms with Crippen molar-refractivity contribution in [1.29, 1.82) is 0 Å². The highest BCUT2D eigenvalue weighted by atomic mass is 32.1. The summed E-state index contributed by atoms with van der Waals surface area (Å²) in [5.74, 6) is -0.0233. The average Bonchev–Trinajstić information content (AvgIpc) is 2.47. The summed E-state index contributed by atoms with van der Waals surface area (Å²) >= 11 is 4.88. The third kappa shape index (κ3) is 4.13. The molecule has 0 saturated heterocycles. The monoisotopic (exact) mass is 285 g/mol. The first-order chi connectivity index (χ1) is 9.65. The molecule has 0 bridgehead atoms. The molecule has 2 rings (SSSR count). The van der Waals surface area contributed by atoms with E-state index in [1.807, 2.05) is 36.4 Å². The number of rotatable bonds is 5. The minimum Gasteiger partial charge on any atom is -0.389 e. The summed E-state index contributed by atoms with van der Waals surface area (Å²) in [6.45, 7) is 0.506. The molecular weight excluding hydrogens is 270 g/mol. The standard InChI is InChI=1S/C15H15N3OS/c16-15(20)13-3-1-11(2-4-13)9-14(19)18-10-12-5-7-17-8-6-12/h1-8H,9-10H2,(H2,16,20)(H,18,19). The minimum atomic E-state index is -0.0233. The summed E-state index contributed by atoms with van der Waals surface area (Å²) in [7, 11) is 0. The lowest BCUT2D eigenvalue weighted by Gasteiger charge is -2.06. The number of hydrogen-bond donors (Lipinski definition) is 2. The number of benzene rings is 1. The van der Waals surface area contributed by atoms with Gasteiger partial charge in [0.1, 0.15) is 4.99 Å². The molecule has 102 valence electrons. The highest BCUT2D eigenvalue weighted by Crippen LogP contribution is 2.05. The summed E-state index contributed by atoms with van der Waals surface area (Å²) in [6.07, 6.45) is 3.74. The maximum atomic E-state index is 11.8. The van der Waals surface area contributed by atoms with Gasteiger partial charge in [0.05, 0.1) is 6.42 Å². The van der Waals surface area contributed by atoms with Crippen molar-refractivity contribution >= 4 is 23.1 Å². The molecule has 1 aromatic heterocycles. The van der Waals surface area contributed by atoms with E-state index in [0.29, 0.717) is 18.0 Å². The Balaban J connectivity index is 1.86. The van der Waals surface area contributed by atoms with E-state index in [4.69, 9.17) is 18.0 Å². The summed E-state index contributed by atoms with van der Waals surface area (Å²) in [4.78, 5) is 16.1. The fourth-order valence-corrected chi connectivity index (χ4v) is 1.87. The minimum absolute atomic E-state index is 0.0233. The second-order valence-electron chi connectivity index (χ2n) is 4.37. The van der Waals surface area contributed by atoms with Crippen molar-refractivity contribution < 1.29 is 4.79 Å². The molecule has 0 aliphatic rings. The molecule has 0 unspecified atom stereocenters. The van der Waals surface area contributed by atoms with Crippen LogP contribution in [0.25, 0.3) is 0 Å². The van der Waals surface area contributed by atoms with Gasteiger partial charge in [0.2, 0.25) is 5.91 Å². The quantitative estimate of drug-likeness (QED) is 0.818. The van der Waals surface area contributed by atoms with Crippen LogP contribution in [0.15, 0.2) is 48.8 Å². The summed E-state index contributed by atoms with van der Waals surface area (Å²) in [6, 6.07) is 11.1. The van der Waals surface area contributed by atoms with E-state index in [2.05, 4.69) is 10.3 Å². The lowest BCUT2D eigenvalue weighted by atomic mass is 10.1. The van der Waals surface area contributed by atoms with Crippen molar-refractivity contribution in [2.75, 3.05) is 0 Å². The Hall–Kier alpha value is -2.27. The number of nitrogens with two attached hydrogens (primary N) is 1. The van der Waals surface area contributed by atoms with Crippen LogP contribution in [0.5, 0.6) is 0 Å². The van der Waals surface area contributed by atoms with E-state index in [9.17, 15) is 4.79 Å². The maximum Gasteiger partial charge on any atom is 0.224 e. The van der Waals surface area contributed by atoms with Crippen LogP contribution < -0.4 is 11.1 Å². The molecule has 1 heterocycles. The van der Waals surface area contributed by atoms with Gasteiger partial charge in [-0.25, -0.2) is 0 Å². The Bertz CT molecular complexity index is 596.